The van der Waals surface area contributed by atoms with Crippen LogP contribution in [0.1, 0.15) is 18.4 Å². The molecule has 4 nitrogen and oxygen atoms in total. The first-order chi connectivity index (χ1) is 7.35. The minimum Gasteiger partial charge on any atom is -0.394 e. The zero-order valence-corrected chi connectivity index (χ0v) is 8.43. The van der Waals surface area contributed by atoms with Crippen molar-refractivity contribution in [2.24, 2.45) is 0 Å². The summed E-state index contributed by atoms with van der Waals surface area (Å²) < 4.78 is 0. The molecule has 0 radical (unpaired) electrons. The van der Waals surface area contributed by atoms with Crippen LogP contribution in [0.25, 0.3) is 0 Å². The van der Waals surface area contributed by atoms with E-state index in [1.165, 1.54) is 0 Å². The molecule has 1 fully saturated rings. The van der Waals surface area contributed by atoms with Crippen LogP contribution in [0, 0.1) is 11.3 Å². The number of pyridine rings is 1. The molecule has 0 bridgehead atoms. The van der Waals surface area contributed by atoms with Gasteiger partial charge < -0.3 is 10.0 Å². The van der Waals surface area contributed by atoms with E-state index in [0.29, 0.717) is 5.56 Å². The van der Waals surface area contributed by atoms with Gasteiger partial charge in [-0.2, -0.15) is 5.26 Å². The normalized spacial score (nSPS) is 20.3. The van der Waals surface area contributed by atoms with Gasteiger partial charge in [0.25, 0.3) is 0 Å². The molecule has 0 unspecified atom stereocenters. The van der Waals surface area contributed by atoms with E-state index in [4.69, 9.17) is 5.26 Å². The Morgan fingerprint density at radius 3 is 3.07 bits per heavy atom. The van der Waals surface area contributed by atoms with E-state index in [9.17, 15) is 5.11 Å². The second-order valence-electron chi connectivity index (χ2n) is 3.69. The van der Waals surface area contributed by atoms with Crippen molar-refractivity contribution in [1.82, 2.24) is 4.98 Å². The monoisotopic (exact) mass is 203 g/mol. The molecule has 4 heteroatoms. The summed E-state index contributed by atoms with van der Waals surface area (Å²) in [5, 5.41) is 17.8. The highest BCUT2D eigenvalue weighted by atomic mass is 16.3. The van der Waals surface area contributed by atoms with Crippen LogP contribution >= 0.6 is 0 Å². The Hall–Kier alpha value is -1.60. The van der Waals surface area contributed by atoms with Crippen LogP contribution in [0.3, 0.4) is 0 Å². The maximum absolute atomic E-state index is 9.18. The maximum Gasteiger partial charge on any atom is 0.128 e. The Kier molecular flexibility index (Phi) is 2.84. The summed E-state index contributed by atoms with van der Waals surface area (Å²) in [7, 11) is 0. The van der Waals surface area contributed by atoms with Crippen molar-refractivity contribution in [2.45, 2.75) is 18.9 Å². The van der Waals surface area contributed by atoms with Crippen LogP contribution in [0.15, 0.2) is 18.3 Å². The standard InChI is InChI=1S/C11H13N3O/c12-6-9-3-4-11(13-7-9)14-5-1-2-10(14)8-15/h3-4,7,10,15H,1-2,5,8H2/t10-/m1/s1. The van der Waals surface area contributed by atoms with Gasteiger partial charge in [-0.25, -0.2) is 4.98 Å². The van der Waals surface area contributed by atoms with Crippen LogP contribution in [0.2, 0.25) is 0 Å². The van der Waals surface area contributed by atoms with Gasteiger partial charge in [-0.05, 0) is 25.0 Å². The van der Waals surface area contributed by atoms with Gasteiger partial charge in [0.05, 0.1) is 18.2 Å². The molecule has 78 valence electrons. The molecule has 1 N–H and O–H groups in total. The van der Waals surface area contributed by atoms with Gasteiger partial charge >= 0.3 is 0 Å². The highest BCUT2D eigenvalue weighted by Crippen LogP contribution is 2.23. The fourth-order valence-corrected chi connectivity index (χ4v) is 1.95. The molecule has 1 atom stereocenters. The Morgan fingerprint density at radius 1 is 1.60 bits per heavy atom. The molecule has 1 aromatic rings. The molecule has 2 heterocycles. The predicted molar refractivity (Wildman–Crippen MR) is 56.4 cm³/mol. The number of nitrogens with zero attached hydrogens (tertiary/aromatic N) is 3. The molecule has 0 saturated carbocycles. The molecular weight excluding hydrogens is 190 g/mol. The quantitative estimate of drug-likeness (QED) is 0.776. The average molecular weight is 203 g/mol. The van der Waals surface area contributed by atoms with Gasteiger partial charge in [0.1, 0.15) is 11.9 Å². The lowest BCUT2D eigenvalue weighted by Crippen LogP contribution is -2.32. The summed E-state index contributed by atoms with van der Waals surface area (Å²) in [6.45, 7) is 1.10. The summed E-state index contributed by atoms with van der Waals surface area (Å²) >= 11 is 0. The second kappa shape index (κ2) is 4.28. The maximum atomic E-state index is 9.18. The summed E-state index contributed by atoms with van der Waals surface area (Å²) in [5.41, 5.74) is 0.568. The molecule has 0 amide bonds. The van der Waals surface area contributed by atoms with E-state index in [0.717, 1.165) is 25.2 Å². The SMILES string of the molecule is N#Cc1ccc(N2CCC[C@@H]2CO)nc1. The minimum atomic E-state index is 0.168. The van der Waals surface area contributed by atoms with Gasteiger partial charge in [-0.1, -0.05) is 0 Å². The number of anilines is 1. The predicted octanol–water partition coefficient (Wildman–Crippen LogP) is 0.914. The van der Waals surface area contributed by atoms with Crippen LogP contribution in [-0.4, -0.2) is 29.3 Å². The number of hydrogen-bond donors (Lipinski definition) is 1. The first-order valence-corrected chi connectivity index (χ1v) is 5.09. The first-order valence-electron chi connectivity index (χ1n) is 5.09. The summed E-state index contributed by atoms with van der Waals surface area (Å²) in [6, 6.07) is 5.82. The molecular formula is C11H13N3O. The first kappa shape index (κ1) is 9.94. The number of aliphatic hydroxyl groups is 1. The van der Waals surface area contributed by atoms with E-state index in [2.05, 4.69) is 9.88 Å². The van der Waals surface area contributed by atoms with Crippen LogP contribution in [0.5, 0.6) is 0 Å². The number of aromatic nitrogens is 1. The number of nitriles is 1. The fourth-order valence-electron chi connectivity index (χ4n) is 1.95. The summed E-state index contributed by atoms with van der Waals surface area (Å²) in [5.74, 6) is 0.852. The third-order valence-electron chi connectivity index (χ3n) is 2.76. The molecule has 0 spiro atoms. The Labute approximate surface area is 88.8 Å². The number of rotatable bonds is 2. The lowest BCUT2D eigenvalue weighted by Gasteiger charge is -2.23. The average Bonchev–Trinajstić information content (AvgIpc) is 2.77. The van der Waals surface area contributed by atoms with E-state index < -0.39 is 0 Å². The highest BCUT2D eigenvalue weighted by molar-refractivity contribution is 5.43. The van der Waals surface area contributed by atoms with Crippen LogP contribution in [0.4, 0.5) is 5.82 Å². The van der Waals surface area contributed by atoms with Crippen LogP contribution < -0.4 is 4.90 Å². The fraction of sp³-hybridized carbons (Fsp3) is 0.455. The minimum absolute atomic E-state index is 0.168. The molecule has 0 aliphatic carbocycles. The van der Waals surface area contributed by atoms with Gasteiger partial charge in [0.15, 0.2) is 0 Å². The van der Waals surface area contributed by atoms with Gasteiger partial charge in [-0.3, -0.25) is 0 Å². The molecule has 1 saturated heterocycles. The van der Waals surface area contributed by atoms with E-state index in [-0.39, 0.29) is 12.6 Å². The topological polar surface area (TPSA) is 60.2 Å². The molecule has 2 rings (SSSR count). The van der Waals surface area contributed by atoms with Crippen molar-refractivity contribution in [1.29, 1.82) is 5.26 Å². The molecule has 1 aromatic heterocycles. The van der Waals surface area contributed by atoms with Gasteiger partial charge in [-0.15, -0.1) is 0 Å². The number of aliphatic hydroxyl groups excluding tert-OH is 1. The lowest BCUT2D eigenvalue weighted by atomic mass is 10.2. The lowest BCUT2D eigenvalue weighted by molar-refractivity contribution is 0.266. The van der Waals surface area contributed by atoms with Gasteiger partial charge in [0, 0.05) is 12.7 Å². The van der Waals surface area contributed by atoms with E-state index >= 15 is 0 Å². The Morgan fingerprint density at radius 2 is 2.47 bits per heavy atom. The zero-order valence-electron chi connectivity index (χ0n) is 8.43. The van der Waals surface area contributed by atoms with Crippen molar-refractivity contribution in [3.05, 3.63) is 23.9 Å². The Balaban J connectivity index is 2.19. The van der Waals surface area contributed by atoms with E-state index in [1.807, 2.05) is 12.1 Å². The molecule has 0 aromatic carbocycles. The molecule has 1 aliphatic rings. The van der Waals surface area contributed by atoms with Crippen molar-refractivity contribution < 1.29 is 5.11 Å². The molecule has 1 aliphatic heterocycles. The van der Waals surface area contributed by atoms with Gasteiger partial charge in [0.2, 0.25) is 0 Å². The molecule has 15 heavy (non-hydrogen) atoms. The largest absolute Gasteiger partial charge is 0.394 e. The van der Waals surface area contributed by atoms with Crippen molar-refractivity contribution in [3.8, 4) is 6.07 Å². The zero-order chi connectivity index (χ0) is 10.7. The third kappa shape index (κ3) is 1.92. The van der Waals surface area contributed by atoms with Crippen molar-refractivity contribution in [3.63, 3.8) is 0 Å². The van der Waals surface area contributed by atoms with Crippen molar-refractivity contribution in [2.75, 3.05) is 18.1 Å². The van der Waals surface area contributed by atoms with Crippen LogP contribution in [-0.2, 0) is 0 Å². The number of hydrogen-bond acceptors (Lipinski definition) is 4. The van der Waals surface area contributed by atoms with Crippen molar-refractivity contribution >= 4 is 5.82 Å². The Bertz CT molecular complexity index is 368. The highest BCUT2D eigenvalue weighted by Gasteiger charge is 2.24. The van der Waals surface area contributed by atoms with E-state index in [1.54, 1.807) is 12.3 Å². The summed E-state index contributed by atoms with van der Waals surface area (Å²) in [6.07, 6.45) is 3.67. The smallest absolute Gasteiger partial charge is 0.128 e. The summed E-state index contributed by atoms with van der Waals surface area (Å²) in [4.78, 5) is 6.32. The second-order valence-corrected chi connectivity index (χ2v) is 3.69. The third-order valence-corrected chi connectivity index (χ3v) is 2.76.